The standard InChI is InChI=1S/C14H16N2O3/c1-16-10-4-2-3-5-11(10)19-12(14(16)18)8-15-13(17)9-6-7-9/h2-5,9,12H,6-8H2,1H3,(H,15,17). The van der Waals surface area contributed by atoms with Crippen LogP contribution >= 0.6 is 0 Å². The number of nitrogens with one attached hydrogen (secondary N) is 1. The van der Waals surface area contributed by atoms with Crippen molar-refractivity contribution in [3.8, 4) is 5.75 Å². The average Bonchev–Trinajstić information content (AvgIpc) is 3.25. The number of hydrogen-bond donors (Lipinski definition) is 1. The van der Waals surface area contributed by atoms with E-state index in [1.807, 2.05) is 24.3 Å². The van der Waals surface area contributed by atoms with E-state index in [1.165, 1.54) is 0 Å². The lowest BCUT2D eigenvalue weighted by Crippen LogP contribution is -2.49. The smallest absolute Gasteiger partial charge is 0.269 e. The Morgan fingerprint density at radius 2 is 2.16 bits per heavy atom. The highest BCUT2D eigenvalue weighted by molar-refractivity contribution is 6.00. The molecule has 19 heavy (non-hydrogen) atoms. The molecule has 1 heterocycles. The second kappa shape index (κ2) is 4.57. The topological polar surface area (TPSA) is 58.6 Å². The van der Waals surface area contributed by atoms with Crippen LogP contribution in [0.3, 0.4) is 0 Å². The van der Waals surface area contributed by atoms with Crippen LogP contribution in [0.1, 0.15) is 12.8 Å². The van der Waals surface area contributed by atoms with Crippen molar-refractivity contribution in [1.82, 2.24) is 5.32 Å². The summed E-state index contributed by atoms with van der Waals surface area (Å²) in [6.07, 6.45) is 1.27. The number of hydrogen-bond acceptors (Lipinski definition) is 3. The van der Waals surface area contributed by atoms with Gasteiger partial charge in [-0.1, -0.05) is 12.1 Å². The highest BCUT2D eigenvalue weighted by atomic mass is 16.5. The quantitative estimate of drug-likeness (QED) is 0.879. The molecule has 0 spiro atoms. The molecule has 1 aromatic carbocycles. The molecule has 2 amide bonds. The summed E-state index contributed by atoms with van der Waals surface area (Å²) in [5.41, 5.74) is 0.761. The van der Waals surface area contributed by atoms with Crippen molar-refractivity contribution in [3.05, 3.63) is 24.3 Å². The zero-order chi connectivity index (χ0) is 13.4. The lowest BCUT2D eigenvalue weighted by atomic mass is 10.2. The Balaban J connectivity index is 1.70. The number of fused-ring (bicyclic) bond motifs is 1. The Kier molecular flexibility index (Phi) is 2.89. The second-order valence-corrected chi connectivity index (χ2v) is 4.99. The van der Waals surface area contributed by atoms with Gasteiger partial charge in [0.15, 0.2) is 6.10 Å². The van der Waals surface area contributed by atoms with E-state index in [-0.39, 0.29) is 24.3 Å². The van der Waals surface area contributed by atoms with Gasteiger partial charge >= 0.3 is 0 Å². The van der Waals surface area contributed by atoms with E-state index in [9.17, 15) is 9.59 Å². The van der Waals surface area contributed by atoms with Gasteiger partial charge in [0.25, 0.3) is 5.91 Å². The first kappa shape index (κ1) is 12.0. The van der Waals surface area contributed by atoms with Gasteiger partial charge in [-0.15, -0.1) is 0 Å². The molecule has 1 atom stereocenters. The second-order valence-electron chi connectivity index (χ2n) is 4.99. The van der Waals surface area contributed by atoms with Crippen molar-refractivity contribution >= 4 is 17.5 Å². The van der Waals surface area contributed by atoms with Gasteiger partial charge < -0.3 is 15.0 Å². The summed E-state index contributed by atoms with van der Waals surface area (Å²) in [6, 6.07) is 7.39. The van der Waals surface area contributed by atoms with Crippen LogP contribution in [-0.4, -0.2) is 31.5 Å². The lowest BCUT2D eigenvalue weighted by Gasteiger charge is -2.31. The fraction of sp³-hybridized carbons (Fsp3) is 0.429. The first-order valence-electron chi connectivity index (χ1n) is 6.48. The van der Waals surface area contributed by atoms with E-state index in [4.69, 9.17) is 4.74 Å². The average molecular weight is 260 g/mol. The summed E-state index contributed by atoms with van der Waals surface area (Å²) in [5, 5.41) is 2.78. The molecular weight excluding hydrogens is 244 g/mol. The minimum absolute atomic E-state index is 0.0258. The summed E-state index contributed by atoms with van der Waals surface area (Å²) in [5.74, 6) is 0.715. The Hall–Kier alpha value is -2.04. The van der Waals surface area contributed by atoms with E-state index in [2.05, 4.69) is 5.32 Å². The van der Waals surface area contributed by atoms with Gasteiger partial charge in [0.2, 0.25) is 5.91 Å². The van der Waals surface area contributed by atoms with E-state index in [0.717, 1.165) is 18.5 Å². The molecule has 1 saturated carbocycles. The summed E-state index contributed by atoms with van der Waals surface area (Å²) in [4.78, 5) is 25.3. The number of amides is 2. The number of carbonyl (C=O) groups is 2. The maximum absolute atomic E-state index is 12.1. The van der Waals surface area contributed by atoms with Gasteiger partial charge in [0, 0.05) is 13.0 Å². The largest absolute Gasteiger partial charge is 0.477 e. The third-order valence-electron chi connectivity index (χ3n) is 3.51. The van der Waals surface area contributed by atoms with Crippen LogP contribution in [-0.2, 0) is 9.59 Å². The third-order valence-corrected chi connectivity index (χ3v) is 3.51. The number of rotatable bonds is 3. The van der Waals surface area contributed by atoms with E-state index >= 15 is 0 Å². The van der Waals surface area contributed by atoms with Crippen molar-refractivity contribution in [2.45, 2.75) is 18.9 Å². The minimum atomic E-state index is -0.636. The molecule has 2 aliphatic rings. The molecule has 1 fully saturated rings. The molecule has 1 unspecified atom stereocenters. The first-order valence-corrected chi connectivity index (χ1v) is 6.48. The van der Waals surface area contributed by atoms with Gasteiger partial charge in [-0.05, 0) is 25.0 Å². The number of anilines is 1. The van der Waals surface area contributed by atoms with Crippen molar-refractivity contribution < 1.29 is 14.3 Å². The van der Waals surface area contributed by atoms with Crippen LogP contribution < -0.4 is 15.0 Å². The molecule has 0 saturated heterocycles. The highest BCUT2D eigenvalue weighted by Gasteiger charge is 2.34. The molecule has 100 valence electrons. The predicted molar refractivity (Wildman–Crippen MR) is 70.0 cm³/mol. The molecule has 5 heteroatoms. The molecular formula is C14H16N2O3. The van der Waals surface area contributed by atoms with Crippen LogP contribution in [0.15, 0.2) is 24.3 Å². The van der Waals surface area contributed by atoms with Crippen molar-refractivity contribution in [2.24, 2.45) is 5.92 Å². The fourth-order valence-electron chi connectivity index (χ4n) is 2.18. The van der Waals surface area contributed by atoms with Crippen molar-refractivity contribution in [1.29, 1.82) is 0 Å². The number of para-hydroxylation sites is 2. The van der Waals surface area contributed by atoms with Gasteiger partial charge in [-0.25, -0.2) is 0 Å². The lowest BCUT2D eigenvalue weighted by molar-refractivity contribution is -0.127. The predicted octanol–water partition coefficient (Wildman–Crippen LogP) is 0.937. The number of nitrogens with zero attached hydrogens (tertiary/aromatic N) is 1. The monoisotopic (exact) mass is 260 g/mol. The van der Waals surface area contributed by atoms with Crippen LogP contribution in [0, 0.1) is 5.92 Å². The molecule has 1 aliphatic heterocycles. The molecule has 0 radical (unpaired) electrons. The van der Waals surface area contributed by atoms with Crippen LogP contribution in [0.5, 0.6) is 5.75 Å². The summed E-state index contributed by atoms with van der Waals surface area (Å²) in [7, 11) is 1.72. The minimum Gasteiger partial charge on any atom is -0.477 e. The van der Waals surface area contributed by atoms with E-state index in [0.29, 0.717) is 5.75 Å². The maximum atomic E-state index is 12.1. The van der Waals surface area contributed by atoms with Gasteiger partial charge in [-0.3, -0.25) is 9.59 Å². The Labute approximate surface area is 111 Å². The number of benzene rings is 1. The number of likely N-dealkylation sites (N-methyl/N-ethyl adjacent to an activating group) is 1. The van der Waals surface area contributed by atoms with Gasteiger partial charge in [-0.2, -0.15) is 0 Å². The third kappa shape index (κ3) is 2.28. The molecule has 0 bridgehead atoms. The first-order chi connectivity index (χ1) is 9.16. The van der Waals surface area contributed by atoms with Crippen molar-refractivity contribution in [3.63, 3.8) is 0 Å². The Morgan fingerprint density at radius 1 is 1.42 bits per heavy atom. The SMILES string of the molecule is CN1C(=O)C(CNC(=O)C2CC2)Oc2ccccc21. The molecule has 1 aliphatic carbocycles. The molecule has 1 aromatic rings. The summed E-state index contributed by atoms with van der Waals surface area (Å²) >= 11 is 0. The van der Waals surface area contributed by atoms with E-state index < -0.39 is 6.10 Å². The molecule has 3 rings (SSSR count). The van der Waals surface area contributed by atoms with Gasteiger partial charge in [0.05, 0.1) is 12.2 Å². The summed E-state index contributed by atoms with van der Waals surface area (Å²) < 4.78 is 5.66. The molecule has 5 nitrogen and oxygen atoms in total. The number of ether oxygens (including phenoxy) is 1. The maximum Gasteiger partial charge on any atom is 0.269 e. The summed E-state index contributed by atoms with van der Waals surface area (Å²) in [6.45, 7) is 0.229. The van der Waals surface area contributed by atoms with Crippen LogP contribution in [0.4, 0.5) is 5.69 Å². The van der Waals surface area contributed by atoms with Crippen LogP contribution in [0.2, 0.25) is 0 Å². The molecule has 0 aromatic heterocycles. The Morgan fingerprint density at radius 3 is 2.89 bits per heavy atom. The fourth-order valence-corrected chi connectivity index (χ4v) is 2.18. The highest BCUT2D eigenvalue weighted by Crippen LogP contribution is 2.32. The van der Waals surface area contributed by atoms with Gasteiger partial charge in [0.1, 0.15) is 5.75 Å². The molecule has 1 N–H and O–H groups in total. The van der Waals surface area contributed by atoms with Crippen molar-refractivity contribution in [2.75, 3.05) is 18.5 Å². The Bertz CT molecular complexity index is 525. The van der Waals surface area contributed by atoms with E-state index in [1.54, 1.807) is 11.9 Å². The van der Waals surface area contributed by atoms with Crippen LogP contribution in [0.25, 0.3) is 0 Å². The normalized spacial score (nSPS) is 21.6. The zero-order valence-corrected chi connectivity index (χ0v) is 10.8. The zero-order valence-electron chi connectivity index (χ0n) is 10.8. The number of carbonyl (C=O) groups excluding carboxylic acids is 2.